The number of hydrogen-bond acceptors (Lipinski definition) is 6. The molecule has 4 N–H and O–H groups in total. The van der Waals surface area contributed by atoms with Gasteiger partial charge in [0, 0.05) is 19.0 Å². The first kappa shape index (κ1) is 13.0. The number of rotatable bonds is 4. The minimum absolute atomic E-state index is 0.134. The van der Waals surface area contributed by atoms with Crippen molar-refractivity contribution in [3.8, 4) is 0 Å². The molecule has 1 aromatic rings. The Hall–Kier alpha value is -1.40. The van der Waals surface area contributed by atoms with E-state index < -0.39 is 0 Å². The summed E-state index contributed by atoms with van der Waals surface area (Å²) in [5, 5.41) is 9.50. The van der Waals surface area contributed by atoms with Gasteiger partial charge in [0.2, 0.25) is 0 Å². The summed E-state index contributed by atoms with van der Waals surface area (Å²) in [5.74, 6) is 8.13. The van der Waals surface area contributed by atoms with E-state index in [4.69, 9.17) is 5.84 Å². The normalized spacial score (nSPS) is 23.4. The zero-order valence-electron chi connectivity index (χ0n) is 10.9. The summed E-state index contributed by atoms with van der Waals surface area (Å²) in [6, 6.07) is 1.97. The maximum Gasteiger partial charge on any atom is 0.145 e. The zero-order chi connectivity index (χ0) is 13.1. The topological polar surface area (TPSA) is 87.3 Å². The molecule has 2 atom stereocenters. The Labute approximate surface area is 107 Å². The summed E-state index contributed by atoms with van der Waals surface area (Å²) in [6.45, 7) is 5.23. The Morgan fingerprint density at radius 1 is 1.56 bits per heavy atom. The van der Waals surface area contributed by atoms with Crippen molar-refractivity contribution in [1.82, 2.24) is 9.97 Å². The highest BCUT2D eigenvalue weighted by Crippen LogP contribution is 2.29. The van der Waals surface area contributed by atoms with Crippen molar-refractivity contribution in [3.05, 3.63) is 11.9 Å². The smallest absolute Gasteiger partial charge is 0.145 e. The molecule has 1 aromatic heterocycles. The van der Waals surface area contributed by atoms with Gasteiger partial charge in [0.25, 0.3) is 0 Å². The lowest BCUT2D eigenvalue weighted by atomic mass is 10.0. The summed E-state index contributed by atoms with van der Waals surface area (Å²) < 4.78 is 0. The molecular weight excluding hydrogens is 230 g/mol. The highest BCUT2D eigenvalue weighted by atomic mass is 16.3. The fourth-order valence-electron chi connectivity index (χ4n) is 2.43. The molecular formula is C12H21N5O. The van der Waals surface area contributed by atoms with E-state index in [1.54, 1.807) is 0 Å². The lowest BCUT2D eigenvalue weighted by Gasteiger charge is -2.26. The molecule has 1 aliphatic rings. The number of aryl methyl sites for hydroxylation is 1. The summed E-state index contributed by atoms with van der Waals surface area (Å²) in [6.07, 6.45) is 1.83. The van der Waals surface area contributed by atoms with Gasteiger partial charge in [-0.15, -0.1) is 0 Å². The highest BCUT2D eigenvalue weighted by Gasteiger charge is 2.31. The van der Waals surface area contributed by atoms with Gasteiger partial charge in [-0.05, 0) is 12.3 Å². The molecule has 0 aromatic carbocycles. The first-order valence-electron chi connectivity index (χ1n) is 6.41. The Balaban J connectivity index is 2.32. The molecule has 6 nitrogen and oxygen atoms in total. The largest absolute Gasteiger partial charge is 0.394 e. The van der Waals surface area contributed by atoms with E-state index in [0.29, 0.717) is 11.7 Å². The molecule has 0 saturated carbocycles. The lowest BCUT2D eigenvalue weighted by Crippen LogP contribution is -2.36. The lowest BCUT2D eigenvalue weighted by molar-refractivity contribution is 0.244. The van der Waals surface area contributed by atoms with Crippen molar-refractivity contribution >= 4 is 11.6 Å². The van der Waals surface area contributed by atoms with Crippen molar-refractivity contribution < 1.29 is 5.11 Å². The van der Waals surface area contributed by atoms with Crippen LogP contribution in [0.4, 0.5) is 11.6 Å². The summed E-state index contributed by atoms with van der Waals surface area (Å²) in [4.78, 5) is 10.9. The van der Waals surface area contributed by atoms with Gasteiger partial charge in [-0.25, -0.2) is 15.8 Å². The van der Waals surface area contributed by atoms with E-state index in [9.17, 15) is 5.11 Å². The molecule has 2 rings (SSSR count). The molecule has 1 fully saturated rings. The third-order valence-electron chi connectivity index (χ3n) is 3.59. The number of anilines is 2. The fourth-order valence-corrected chi connectivity index (χ4v) is 2.43. The van der Waals surface area contributed by atoms with Crippen LogP contribution in [-0.2, 0) is 6.42 Å². The molecule has 0 bridgehead atoms. The number of nitrogens with one attached hydrogen (secondary N) is 1. The van der Waals surface area contributed by atoms with Gasteiger partial charge in [0.15, 0.2) is 0 Å². The molecule has 100 valence electrons. The quantitative estimate of drug-likeness (QED) is 0.534. The number of aliphatic hydroxyl groups is 1. The molecule has 1 saturated heterocycles. The first-order chi connectivity index (χ1) is 8.69. The Kier molecular flexibility index (Phi) is 3.98. The van der Waals surface area contributed by atoms with Crippen molar-refractivity contribution in [2.24, 2.45) is 11.8 Å². The molecule has 6 heteroatoms. The second kappa shape index (κ2) is 5.49. The average Bonchev–Trinajstić information content (AvgIpc) is 2.79. The Morgan fingerprint density at radius 3 is 2.94 bits per heavy atom. The monoisotopic (exact) mass is 251 g/mol. The van der Waals surface area contributed by atoms with Gasteiger partial charge in [-0.2, -0.15) is 0 Å². The van der Waals surface area contributed by atoms with Gasteiger partial charge in [0.1, 0.15) is 17.5 Å². The number of hydrogen-bond donors (Lipinski definition) is 3. The molecule has 0 amide bonds. The molecule has 0 spiro atoms. The summed E-state index contributed by atoms with van der Waals surface area (Å²) >= 11 is 0. The molecule has 2 unspecified atom stereocenters. The maximum atomic E-state index is 9.50. The number of hydrazine groups is 1. The number of aliphatic hydroxyl groups excluding tert-OH is 1. The van der Waals surface area contributed by atoms with Gasteiger partial charge < -0.3 is 15.4 Å². The number of aromatic nitrogens is 2. The van der Waals surface area contributed by atoms with Crippen molar-refractivity contribution in [1.29, 1.82) is 0 Å². The van der Waals surface area contributed by atoms with Gasteiger partial charge in [0.05, 0.1) is 12.6 Å². The van der Waals surface area contributed by atoms with Crippen LogP contribution in [-0.4, -0.2) is 34.3 Å². The third-order valence-corrected chi connectivity index (χ3v) is 3.59. The fraction of sp³-hybridized carbons (Fsp3) is 0.667. The highest BCUT2D eigenvalue weighted by molar-refractivity contribution is 5.50. The zero-order valence-corrected chi connectivity index (χ0v) is 10.9. The Bertz CT molecular complexity index is 389. The Morgan fingerprint density at radius 2 is 2.33 bits per heavy atom. The van der Waals surface area contributed by atoms with Crippen LogP contribution in [0.5, 0.6) is 0 Å². The second-order valence-corrected chi connectivity index (χ2v) is 4.73. The number of nitrogen functional groups attached to an aromatic ring is 1. The number of nitrogens with two attached hydrogens (primary N) is 1. The van der Waals surface area contributed by atoms with Crippen molar-refractivity contribution in [2.75, 3.05) is 23.5 Å². The molecule has 18 heavy (non-hydrogen) atoms. The van der Waals surface area contributed by atoms with E-state index in [2.05, 4.69) is 27.2 Å². The minimum atomic E-state index is 0.134. The standard InChI is InChI=1S/C12H21N5O/c1-3-10-14-11(16-13)6-12(15-10)17-5-4-8(2)9(17)7-18/h6,8-9,18H,3-5,7,13H2,1-2H3,(H,14,15,16). The second-order valence-electron chi connectivity index (χ2n) is 4.73. The summed E-state index contributed by atoms with van der Waals surface area (Å²) in [7, 11) is 0. The van der Waals surface area contributed by atoms with Gasteiger partial charge in [-0.3, -0.25) is 0 Å². The predicted octanol–water partition coefficient (Wildman–Crippen LogP) is 0.532. The van der Waals surface area contributed by atoms with Gasteiger partial charge >= 0.3 is 0 Å². The van der Waals surface area contributed by atoms with Crippen LogP contribution in [0.2, 0.25) is 0 Å². The van der Waals surface area contributed by atoms with Crippen LogP contribution < -0.4 is 16.2 Å². The van der Waals surface area contributed by atoms with Crippen LogP contribution in [0, 0.1) is 5.92 Å². The van der Waals surface area contributed by atoms with E-state index >= 15 is 0 Å². The van der Waals surface area contributed by atoms with Crippen molar-refractivity contribution in [2.45, 2.75) is 32.7 Å². The predicted molar refractivity (Wildman–Crippen MR) is 71.2 cm³/mol. The summed E-state index contributed by atoms with van der Waals surface area (Å²) in [5.41, 5.74) is 2.57. The van der Waals surface area contributed by atoms with E-state index in [0.717, 1.165) is 31.0 Å². The van der Waals surface area contributed by atoms with Gasteiger partial charge in [-0.1, -0.05) is 13.8 Å². The SMILES string of the molecule is CCc1nc(NN)cc(N2CCC(C)C2CO)n1. The van der Waals surface area contributed by atoms with E-state index in [-0.39, 0.29) is 12.6 Å². The van der Waals surface area contributed by atoms with Crippen LogP contribution >= 0.6 is 0 Å². The maximum absolute atomic E-state index is 9.50. The van der Waals surface area contributed by atoms with Crippen LogP contribution in [0.1, 0.15) is 26.1 Å². The van der Waals surface area contributed by atoms with Crippen LogP contribution in [0.3, 0.4) is 0 Å². The van der Waals surface area contributed by atoms with E-state index in [1.165, 1.54) is 0 Å². The third kappa shape index (κ3) is 2.39. The first-order valence-corrected chi connectivity index (χ1v) is 6.41. The van der Waals surface area contributed by atoms with Crippen LogP contribution in [0.25, 0.3) is 0 Å². The average molecular weight is 251 g/mol. The number of nitrogens with zero attached hydrogens (tertiary/aromatic N) is 3. The molecule has 0 radical (unpaired) electrons. The van der Waals surface area contributed by atoms with E-state index in [1.807, 2.05) is 13.0 Å². The van der Waals surface area contributed by atoms with Crippen molar-refractivity contribution in [3.63, 3.8) is 0 Å². The molecule has 0 aliphatic carbocycles. The minimum Gasteiger partial charge on any atom is -0.394 e. The van der Waals surface area contributed by atoms with Crippen LogP contribution in [0.15, 0.2) is 6.07 Å². The molecule has 1 aliphatic heterocycles. The molecule has 2 heterocycles.